The second-order valence-electron chi connectivity index (χ2n) is 4.49. The second-order valence-corrected chi connectivity index (χ2v) is 4.49. The van der Waals surface area contributed by atoms with Crippen LogP contribution in [0.5, 0.6) is 0 Å². The summed E-state index contributed by atoms with van der Waals surface area (Å²) in [6.45, 7) is 1.74. The van der Waals surface area contributed by atoms with Crippen LogP contribution in [0.3, 0.4) is 0 Å². The minimum Gasteiger partial charge on any atom is -0.442 e. The van der Waals surface area contributed by atoms with Gasteiger partial charge in [0, 0.05) is 19.1 Å². The van der Waals surface area contributed by atoms with E-state index in [1.807, 2.05) is 4.90 Å². The monoisotopic (exact) mass is 196 g/mol. The van der Waals surface area contributed by atoms with E-state index in [4.69, 9.17) is 4.74 Å². The maximum absolute atomic E-state index is 11.7. The third-order valence-corrected chi connectivity index (χ3v) is 3.67. The Bertz CT molecular complexity index is 251. The van der Waals surface area contributed by atoms with Crippen LogP contribution in [0.4, 0.5) is 4.79 Å². The van der Waals surface area contributed by atoms with E-state index in [2.05, 4.69) is 5.32 Å². The van der Waals surface area contributed by atoms with Gasteiger partial charge in [-0.1, -0.05) is 12.8 Å². The van der Waals surface area contributed by atoms with E-state index < -0.39 is 0 Å². The second kappa shape index (κ2) is 3.12. The molecule has 0 bridgehead atoms. The first-order valence-electron chi connectivity index (χ1n) is 5.56. The van der Waals surface area contributed by atoms with Crippen molar-refractivity contribution in [1.29, 1.82) is 0 Å². The van der Waals surface area contributed by atoms with Gasteiger partial charge in [-0.2, -0.15) is 0 Å². The lowest BCUT2D eigenvalue weighted by molar-refractivity contribution is 0.128. The molecule has 2 atom stereocenters. The number of fused-ring (bicyclic) bond motifs is 1. The smallest absolute Gasteiger partial charge is 0.410 e. The molecule has 0 aromatic carbocycles. The predicted molar refractivity (Wildman–Crippen MR) is 51.0 cm³/mol. The molecule has 1 aliphatic carbocycles. The van der Waals surface area contributed by atoms with E-state index in [1.54, 1.807) is 0 Å². The Morgan fingerprint density at radius 3 is 2.86 bits per heavy atom. The van der Waals surface area contributed by atoms with Crippen LogP contribution in [0.2, 0.25) is 0 Å². The first-order valence-corrected chi connectivity index (χ1v) is 5.56. The highest BCUT2D eigenvalue weighted by Crippen LogP contribution is 2.32. The number of hydrogen-bond donors (Lipinski definition) is 1. The molecular weight excluding hydrogens is 180 g/mol. The van der Waals surface area contributed by atoms with Gasteiger partial charge in [-0.3, -0.25) is 4.90 Å². The maximum atomic E-state index is 11.7. The van der Waals surface area contributed by atoms with Crippen LogP contribution in [-0.4, -0.2) is 42.3 Å². The van der Waals surface area contributed by atoms with Gasteiger partial charge < -0.3 is 10.1 Å². The van der Waals surface area contributed by atoms with E-state index in [9.17, 15) is 4.79 Å². The molecule has 2 unspecified atom stereocenters. The summed E-state index contributed by atoms with van der Waals surface area (Å²) in [6.07, 6.45) is 4.89. The van der Waals surface area contributed by atoms with Gasteiger partial charge in [0.2, 0.25) is 0 Å². The van der Waals surface area contributed by atoms with E-state index in [-0.39, 0.29) is 12.2 Å². The molecule has 2 aliphatic heterocycles. The average molecular weight is 196 g/mol. The molecular formula is C10H16N2O2. The molecule has 3 rings (SSSR count). The minimum atomic E-state index is -0.0756. The van der Waals surface area contributed by atoms with Crippen molar-refractivity contribution in [3.8, 4) is 0 Å². The van der Waals surface area contributed by atoms with Crippen molar-refractivity contribution in [2.75, 3.05) is 13.1 Å². The Kier molecular flexibility index (Phi) is 1.90. The average Bonchev–Trinajstić information content (AvgIpc) is 2.78. The molecule has 0 aromatic rings. The highest BCUT2D eigenvalue weighted by Gasteiger charge is 2.47. The van der Waals surface area contributed by atoms with Gasteiger partial charge in [0.1, 0.15) is 6.10 Å². The summed E-state index contributed by atoms with van der Waals surface area (Å²) >= 11 is 0. The summed E-state index contributed by atoms with van der Waals surface area (Å²) in [5.41, 5.74) is 0. The van der Waals surface area contributed by atoms with Crippen molar-refractivity contribution >= 4 is 6.09 Å². The third kappa shape index (κ3) is 1.13. The van der Waals surface area contributed by atoms with E-state index in [0.717, 1.165) is 13.1 Å². The molecule has 0 radical (unpaired) electrons. The molecule has 78 valence electrons. The Morgan fingerprint density at radius 2 is 2.07 bits per heavy atom. The zero-order chi connectivity index (χ0) is 9.54. The van der Waals surface area contributed by atoms with Crippen molar-refractivity contribution in [1.82, 2.24) is 10.2 Å². The molecule has 3 aliphatic rings. The lowest BCUT2D eigenvalue weighted by Gasteiger charge is -2.26. The quantitative estimate of drug-likeness (QED) is 0.672. The van der Waals surface area contributed by atoms with E-state index in [1.165, 1.54) is 25.7 Å². The molecule has 2 heterocycles. The van der Waals surface area contributed by atoms with Crippen LogP contribution in [0, 0.1) is 0 Å². The van der Waals surface area contributed by atoms with Crippen molar-refractivity contribution < 1.29 is 9.53 Å². The number of carbonyl (C=O) groups is 1. The topological polar surface area (TPSA) is 41.6 Å². The fraction of sp³-hybridized carbons (Fsp3) is 0.900. The molecule has 0 aromatic heterocycles. The summed E-state index contributed by atoms with van der Waals surface area (Å²) in [7, 11) is 0. The number of nitrogens with one attached hydrogen (secondary N) is 1. The Hall–Kier alpha value is -0.770. The molecule has 3 fully saturated rings. The first-order chi connectivity index (χ1) is 6.86. The molecule has 1 N–H and O–H groups in total. The number of ether oxygens (including phenoxy) is 1. The van der Waals surface area contributed by atoms with Crippen LogP contribution in [-0.2, 0) is 4.74 Å². The highest BCUT2D eigenvalue weighted by molar-refractivity contribution is 5.71. The number of rotatable bonds is 1. The van der Waals surface area contributed by atoms with Crippen LogP contribution >= 0.6 is 0 Å². The standard InChI is InChI=1S/C10H16N2O2/c13-10-12(7-3-1-2-4-7)8-5-11-6-9(8)14-10/h7-9,11H,1-6H2. The number of carbonyl (C=O) groups excluding carboxylic acids is 1. The van der Waals surface area contributed by atoms with Crippen molar-refractivity contribution in [2.24, 2.45) is 0 Å². The lowest BCUT2D eigenvalue weighted by atomic mass is 10.1. The van der Waals surface area contributed by atoms with Crippen LogP contribution in [0.25, 0.3) is 0 Å². The van der Waals surface area contributed by atoms with Crippen LogP contribution < -0.4 is 5.32 Å². The number of hydrogen-bond acceptors (Lipinski definition) is 3. The molecule has 1 saturated carbocycles. The van der Waals surface area contributed by atoms with Gasteiger partial charge in [-0.05, 0) is 12.8 Å². The normalized spacial score (nSPS) is 37.7. The summed E-state index contributed by atoms with van der Waals surface area (Å²) in [5, 5.41) is 3.28. The van der Waals surface area contributed by atoms with E-state index in [0.29, 0.717) is 12.1 Å². The Labute approximate surface area is 83.6 Å². The highest BCUT2D eigenvalue weighted by atomic mass is 16.6. The van der Waals surface area contributed by atoms with Gasteiger partial charge >= 0.3 is 6.09 Å². The van der Waals surface area contributed by atoms with Gasteiger partial charge in [0.25, 0.3) is 0 Å². The minimum absolute atomic E-state index is 0.0756. The van der Waals surface area contributed by atoms with Gasteiger partial charge in [0.15, 0.2) is 0 Å². The van der Waals surface area contributed by atoms with Gasteiger partial charge in [-0.15, -0.1) is 0 Å². The predicted octanol–water partition coefficient (Wildman–Crippen LogP) is 0.722. The van der Waals surface area contributed by atoms with Crippen molar-refractivity contribution in [2.45, 2.75) is 43.9 Å². The number of nitrogens with zero attached hydrogens (tertiary/aromatic N) is 1. The summed E-state index contributed by atoms with van der Waals surface area (Å²) in [4.78, 5) is 13.6. The molecule has 4 nitrogen and oxygen atoms in total. The van der Waals surface area contributed by atoms with Crippen LogP contribution in [0.15, 0.2) is 0 Å². The Morgan fingerprint density at radius 1 is 1.29 bits per heavy atom. The fourth-order valence-corrected chi connectivity index (χ4v) is 2.97. The van der Waals surface area contributed by atoms with Crippen LogP contribution in [0.1, 0.15) is 25.7 Å². The van der Waals surface area contributed by atoms with Crippen molar-refractivity contribution in [3.05, 3.63) is 0 Å². The zero-order valence-corrected chi connectivity index (χ0v) is 8.24. The summed E-state index contributed by atoms with van der Waals surface area (Å²) < 4.78 is 5.33. The zero-order valence-electron chi connectivity index (χ0n) is 8.24. The molecule has 2 saturated heterocycles. The molecule has 0 spiro atoms. The maximum Gasteiger partial charge on any atom is 0.410 e. The molecule has 1 amide bonds. The van der Waals surface area contributed by atoms with Gasteiger partial charge in [0.05, 0.1) is 6.04 Å². The largest absolute Gasteiger partial charge is 0.442 e. The SMILES string of the molecule is O=C1OC2CNCC2N1C1CCCC1. The fourth-order valence-electron chi connectivity index (χ4n) is 2.97. The van der Waals surface area contributed by atoms with E-state index >= 15 is 0 Å². The number of amides is 1. The summed E-state index contributed by atoms with van der Waals surface area (Å²) in [5.74, 6) is 0. The summed E-state index contributed by atoms with van der Waals surface area (Å²) in [6, 6.07) is 0.767. The van der Waals surface area contributed by atoms with Crippen molar-refractivity contribution in [3.63, 3.8) is 0 Å². The third-order valence-electron chi connectivity index (χ3n) is 3.67. The molecule has 14 heavy (non-hydrogen) atoms. The van der Waals surface area contributed by atoms with Gasteiger partial charge in [-0.25, -0.2) is 4.79 Å². The lowest BCUT2D eigenvalue weighted by Crippen LogP contribution is -2.43. The molecule has 4 heteroatoms. The first kappa shape index (κ1) is 8.53. The Balaban J connectivity index is 1.79.